The van der Waals surface area contributed by atoms with Gasteiger partial charge in [-0.25, -0.2) is 0 Å². The van der Waals surface area contributed by atoms with Crippen LogP contribution in [-0.2, 0) is 27.3 Å². The van der Waals surface area contributed by atoms with E-state index in [1.165, 1.54) is 10.5 Å². The van der Waals surface area contributed by atoms with E-state index >= 15 is 0 Å². The number of likely N-dealkylation sites (tertiary alicyclic amines) is 1. The van der Waals surface area contributed by atoms with Crippen LogP contribution in [0.4, 0.5) is 0 Å². The van der Waals surface area contributed by atoms with Crippen molar-refractivity contribution in [3.05, 3.63) is 47.5 Å². The number of hydrogen-bond donors (Lipinski definition) is 0. The van der Waals surface area contributed by atoms with E-state index in [2.05, 4.69) is 18.2 Å². The summed E-state index contributed by atoms with van der Waals surface area (Å²) in [6.45, 7) is 1.10. The maximum Gasteiger partial charge on any atom is 0.243 e. The second kappa shape index (κ2) is 5.28. The van der Waals surface area contributed by atoms with E-state index in [-0.39, 0.29) is 47.9 Å². The van der Waals surface area contributed by atoms with Gasteiger partial charge in [-0.15, -0.1) is 0 Å². The summed E-state index contributed by atoms with van der Waals surface area (Å²) in [5, 5.41) is 0. The standard InChI is InChI=1S/C20H20N2O3/c23-16(21-8-7-12-3-1-2-4-15(12)10-21)11-22-19(24)17-13-5-6-14(9-13)18(17)20(22)25/h1-6,13-14,17-18H,7-11H2/t13-,14-,17+,18+/m0/s1. The highest BCUT2D eigenvalue weighted by molar-refractivity contribution is 6.08. The van der Waals surface area contributed by atoms with Gasteiger partial charge in [0.05, 0.1) is 11.8 Å². The molecule has 4 atom stereocenters. The lowest BCUT2D eigenvalue weighted by molar-refractivity contribution is -0.147. The predicted octanol–water partition coefficient (Wildman–Crippen LogP) is 1.38. The molecule has 5 heteroatoms. The Labute approximate surface area is 146 Å². The molecule has 0 N–H and O–H groups in total. The van der Waals surface area contributed by atoms with E-state index in [0.29, 0.717) is 13.1 Å². The fraction of sp³-hybridized carbons (Fsp3) is 0.450. The maximum atomic E-state index is 12.7. The van der Waals surface area contributed by atoms with Crippen LogP contribution in [-0.4, -0.2) is 40.6 Å². The molecule has 2 fully saturated rings. The molecule has 2 bridgehead atoms. The molecule has 0 radical (unpaired) electrons. The summed E-state index contributed by atoms with van der Waals surface area (Å²) in [5.41, 5.74) is 2.43. The topological polar surface area (TPSA) is 57.7 Å². The lowest BCUT2D eigenvalue weighted by Gasteiger charge is -2.30. The Bertz CT molecular complexity index is 785. The van der Waals surface area contributed by atoms with E-state index in [0.717, 1.165) is 18.4 Å². The SMILES string of the molecule is O=C(CN1C(=O)[C@H]2[C@H](C1=O)[C@H]1C=C[C@H]2C1)N1CCc2ccccc2C1. The fourth-order valence-corrected chi connectivity index (χ4v) is 5.06. The molecule has 2 aliphatic carbocycles. The van der Waals surface area contributed by atoms with Gasteiger partial charge >= 0.3 is 0 Å². The minimum absolute atomic E-state index is 0.105. The third-order valence-corrected chi connectivity index (χ3v) is 6.34. The number of carbonyl (C=O) groups is 3. The first-order chi connectivity index (χ1) is 12.1. The Morgan fingerprint density at radius 1 is 1.00 bits per heavy atom. The van der Waals surface area contributed by atoms with Crippen molar-refractivity contribution in [1.29, 1.82) is 0 Å². The highest BCUT2D eigenvalue weighted by atomic mass is 16.2. The van der Waals surface area contributed by atoms with Crippen molar-refractivity contribution in [3.63, 3.8) is 0 Å². The second-order valence-corrected chi connectivity index (χ2v) is 7.60. The Morgan fingerprint density at radius 3 is 2.32 bits per heavy atom. The molecule has 128 valence electrons. The Balaban J connectivity index is 1.31. The lowest BCUT2D eigenvalue weighted by atomic mass is 9.85. The Hall–Kier alpha value is -2.43. The largest absolute Gasteiger partial charge is 0.336 e. The third-order valence-electron chi connectivity index (χ3n) is 6.34. The molecule has 4 aliphatic rings. The summed E-state index contributed by atoms with van der Waals surface area (Å²) in [6, 6.07) is 8.12. The van der Waals surface area contributed by atoms with E-state index in [1.807, 2.05) is 18.2 Å². The molecule has 2 heterocycles. The first kappa shape index (κ1) is 14.9. The van der Waals surface area contributed by atoms with Gasteiger partial charge in [-0.2, -0.15) is 0 Å². The molecular formula is C20H20N2O3. The quantitative estimate of drug-likeness (QED) is 0.606. The fourth-order valence-electron chi connectivity index (χ4n) is 5.06. The number of fused-ring (bicyclic) bond motifs is 6. The second-order valence-electron chi connectivity index (χ2n) is 7.60. The molecule has 25 heavy (non-hydrogen) atoms. The van der Waals surface area contributed by atoms with Crippen molar-refractivity contribution in [2.75, 3.05) is 13.1 Å². The smallest absolute Gasteiger partial charge is 0.243 e. The number of imide groups is 1. The van der Waals surface area contributed by atoms with Gasteiger partial charge in [0.2, 0.25) is 17.7 Å². The van der Waals surface area contributed by atoms with Crippen LogP contribution in [0.2, 0.25) is 0 Å². The molecule has 1 saturated heterocycles. The molecule has 1 aromatic rings. The maximum absolute atomic E-state index is 12.7. The summed E-state index contributed by atoms with van der Waals surface area (Å²) in [5.74, 6) is -0.483. The predicted molar refractivity (Wildman–Crippen MR) is 90.0 cm³/mol. The number of nitrogens with zero attached hydrogens (tertiary/aromatic N) is 2. The van der Waals surface area contributed by atoms with Gasteiger partial charge in [-0.1, -0.05) is 36.4 Å². The van der Waals surface area contributed by atoms with Gasteiger partial charge in [0.1, 0.15) is 6.54 Å². The first-order valence-electron chi connectivity index (χ1n) is 9.01. The first-order valence-corrected chi connectivity index (χ1v) is 9.01. The molecular weight excluding hydrogens is 316 g/mol. The van der Waals surface area contributed by atoms with Crippen LogP contribution < -0.4 is 0 Å². The molecule has 0 aromatic heterocycles. The lowest BCUT2D eigenvalue weighted by Crippen LogP contribution is -2.45. The molecule has 1 aromatic carbocycles. The molecule has 5 nitrogen and oxygen atoms in total. The molecule has 1 saturated carbocycles. The van der Waals surface area contributed by atoms with Crippen LogP contribution in [0.15, 0.2) is 36.4 Å². The number of hydrogen-bond acceptors (Lipinski definition) is 3. The average molecular weight is 336 g/mol. The van der Waals surface area contributed by atoms with Crippen LogP contribution in [0.25, 0.3) is 0 Å². The summed E-state index contributed by atoms with van der Waals surface area (Å²) in [4.78, 5) is 41.1. The van der Waals surface area contributed by atoms with Crippen LogP contribution >= 0.6 is 0 Å². The number of allylic oxidation sites excluding steroid dienone is 2. The number of benzene rings is 1. The number of rotatable bonds is 2. The van der Waals surface area contributed by atoms with Crippen molar-refractivity contribution in [2.24, 2.45) is 23.7 Å². The van der Waals surface area contributed by atoms with E-state index < -0.39 is 0 Å². The summed E-state index contributed by atoms with van der Waals surface area (Å²) in [6.07, 6.45) is 5.88. The van der Waals surface area contributed by atoms with Crippen molar-refractivity contribution in [3.8, 4) is 0 Å². The highest BCUT2D eigenvalue weighted by Gasteiger charge is 2.59. The van der Waals surface area contributed by atoms with E-state index in [9.17, 15) is 14.4 Å². The average Bonchev–Trinajstić information content (AvgIpc) is 3.31. The van der Waals surface area contributed by atoms with Gasteiger partial charge in [0.15, 0.2) is 0 Å². The monoisotopic (exact) mass is 336 g/mol. The molecule has 2 aliphatic heterocycles. The van der Waals surface area contributed by atoms with Gasteiger partial charge < -0.3 is 4.90 Å². The Morgan fingerprint density at radius 2 is 1.64 bits per heavy atom. The zero-order valence-electron chi connectivity index (χ0n) is 13.9. The van der Waals surface area contributed by atoms with E-state index in [1.54, 1.807) is 4.90 Å². The van der Waals surface area contributed by atoms with Gasteiger partial charge in [0.25, 0.3) is 0 Å². The van der Waals surface area contributed by atoms with Crippen LogP contribution in [0, 0.1) is 23.7 Å². The molecule has 5 rings (SSSR count). The minimum Gasteiger partial charge on any atom is -0.336 e. The van der Waals surface area contributed by atoms with Gasteiger partial charge in [0, 0.05) is 13.1 Å². The van der Waals surface area contributed by atoms with Crippen LogP contribution in [0.3, 0.4) is 0 Å². The molecule has 0 unspecified atom stereocenters. The number of amides is 3. The summed E-state index contributed by atoms with van der Waals surface area (Å²) >= 11 is 0. The highest BCUT2D eigenvalue weighted by Crippen LogP contribution is 2.52. The van der Waals surface area contributed by atoms with Crippen molar-refractivity contribution in [2.45, 2.75) is 19.4 Å². The minimum atomic E-state index is -0.225. The molecule has 3 amide bonds. The van der Waals surface area contributed by atoms with Crippen molar-refractivity contribution < 1.29 is 14.4 Å². The van der Waals surface area contributed by atoms with Gasteiger partial charge in [-0.3, -0.25) is 19.3 Å². The van der Waals surface area contributed by atoms with Gasteiger partial charge in [-0.05, 0) is 35.8 Å². The number of carbonyl (C=O) groups excluding carboxylic acids is 3. The van der Waals surface area contributed by atoms with Crippen LogP contribution in [0.1, 0.15) is 17.5 Å². The Kier molecular flexibility index (Phi) is 3.14. The molecule has 0 spiro atoms. The summed E-state index contributed by atoms with van der Waals surface area (Å²) < 4.78 is 0. The van der Waals surface area contributed by atoms with Crippen molar-refractivity contribution >= 4 is 17.7 Å². The normalized spacial score (nSPS) is 32.3. The third kappa shape index (κ3) is 2.11. The van der Waals surface area contributed by atoms with Crippen molar-refractivity contribution in [1.82, 2.24) is 9.80 Å². The summed E-state index contributed by atoms with van der Waals surface area (Å²) in [7, 11) is 0. The van der Waals surface area contributed by atoms with Crippen LogP contribution in [0.5, 0.6) is 0 Å². The zero-order valence-corrected chi connectivity index (χ0v) is 13.9. The van der Waals surface area contributed by atoms with E-state index in [4.69, 9.17) is 0 Å². The zero-order chi connectivity index (χ0) is 17.1.